The van der Waals surface area contributed by atoms with Crippen molar-refractivity contribution in [1.82, 2.24) is 17.5 Å². The second kappa shape index (κ2) is 24.3. The zero-order chi connectivity index (χ0) is 66.3. The summed E-state index contributed by atoms with van der Waals surface area (Å²) in [4.78, 5) is 6.59. The molecule has 6 heterocycles. The number of nitrogens with zero attached hydrogens (tertiary/aromatic N) is 8. The van der Waals surface area contributed by atoms with Gasteiger partial charge in [-0.1, -0.05) is 163 Å². The third-order valence-corrected chi connectivity index (χ3v) is 24.7. The van der Waals surface area contributed by atoms with Crippen LogP contribution in [-0.2, 0) is 10.8 Å². The number of benzene rings is 7. The molecule has 2 aliphatic carbocycles. The van der Waals surface area contributed by atoms with Crippen molar-refractivity contribution >= 4 is 128 Å². The molecule has 0 radical (unpaired) electrons. The molecule has 15 rings (SSSR count). The Labute approximate surface area is 580 Å². The lowest BCUT2D eigenvalue weighted by Crippen LogP contribution is -2.30. The van der Waals surface area contributed by atoms with Crippen LogP contribution in [0.1, 0.15) is 102 Å². The number of thiophene rings is 4. The minimum Gasteiger partial charge on any atom is -0.192 e. The van der Waals surface area contributed by atoms with Gasteiger partial charge in [0, 0.05) is 66.1 Å². The lowest BCUT2D eigenvalue weighted by molar-refractivity contribution is 0.759. The van der Waals surface area contributed by atoms with Gasteiger partial charge in [0.15, 0.2) is 0 Å². The normalized spacial score (nSPS) is 14.2. The van der Waals surface area contributed by atoms with Gasteiger partial charge in [-0.2, -0.15) is 38.5 Å². The van der Waals surface area contributed by atoms with Gasteiger partial charge in [0.25, 0.3) is 0 Å². The zero-order valence-corrected chi connectivity index (χ0v) is 57.8. The Balaban J connectivity index is 0.952. The Morgan fingerprint density at radius 3 is 1.53 bits per heavy atom. The predicted molar refractivity (Wildman–Crippen MR) is 401 cm³/mol. The molecular weight excluding hydrogens is 1290 g/mol. The van der Waals surface area contributed by atoms with E-state index < -0.39 is 10.8 Å². The quantitative estimate of drug-likeness (QED) is 0.0819. The van der Waals surface area contributed by atoms with Crippen molar-refractivity contribution in [3.63, 3.8) is 0 Å². The van der Waals surface area contributed by atoms with E-state index in [-0.39, 0.29) is 11.1 Å². The number of hydrogen-bond acceptors (Lipinski definition) is 14. The number of hydrogen-bond donors (Lipinski definition) is 0. The van der Waals surface area contributed by atoms with Crippen LogP contribution in [0.4, 0.5) is 0 Å². The minimum absolute atomic E-state index is 0.0128. The Morgan fingerprint density at radius 1 is 0.479 bits per heavy atom. The van der Waals surface area contributed by atoms with Crippen LogP contribution in [0, 0.1) is 73.0 Å². The number of rotatable bonds is 13. The lowest BCUT2D eigenvalue weighted by atomic mass is 9.65. The fraction of sp³-hybridized carbons (Fsp3) is 0.0976. The van der Waals surface area contributed by atoms with E-state index >= 15 is 0 Å². The topological polar surface area (TPSA) is 147 Å². The summed E-state index contributed by atoms with van der Waals surface area (Å²) in [5, 5.41) is 40.7. The molecule has 8 nitrogen and oxygen atoms in total. The molecule has 13 aromatic rings. The minimum atomic E-state index is -0.792. The molecule has 0 amide bonds. The van der Waals surface area contributed by atoms with Gasteiger partial charge in [-0.25, -0.2) is 0 Å². The SMILES string of the molecule is C=C(C=C(C#N)C#N)c1nsnc1/C(=C\C)c1ccc(-c2cc3c4c(ccc3s2)C(c2ccc(C)cc2)(c2ccc(C)cc2)C(=C)/C4=C\C2=C(C)c3c(ccc4sc(-c5ccc(-c6ccc(C=C(C#N)C#N)c7nsnc67)s5)cc34)C2(c2ccc(C)cc2)c2ccc(C)cc2)s1. The average Bonchev–Trinajstić information content (AvgIpc) is 1.52. The summed E-state index contributed by atoms with van der Waals surface area (Å²) in [6.07, 6.45) is 7.63. The molecular formula is C82H54N8S6. The molecule has 96 heavy (non-hydrogen) atoms. The second-order valence-corrected chi connectivity index (χ2v) is 29.7. The fourth-order valence-electron chi connectivity index (χ4n) is 14.2. The summed E-state index contributed by atoms with van der Waals surface area (Å²) in [6, 6.07) is 71.3. The van der Waals surface area contributed by atoms with E-state index in [1.807, 2.05) is 49.4 Å². The highest BCUT2D eigenvalue weighted by Crippen LogP contribution is 2.63. The highest BCUT2D eigenvalue weighted by atomic mass is 32.1. The first kappa shape index (κ1) is 61.6. The van der Waals surface area contributed by atoms with E-state index in [2.05, 4.69) is 214 Å². The van der Waals surface area contributed by atoms with Crippen molar-refractivity contribution in [2.45, 2.75) is 52.4 Å². The van der Waals surface area contributed by atoms with E-state index in [0.717, 1.165) is 107 Å². The zero-order valence-electron chi connectivity index (χ0n) is 52.9. The molecule has 0 bridgehead atoms. The summed E-state index contributed by atoms with van der Waals surface area (Å²) < 4.78 is 21.0. The molecule has 0 unspecified atom stereocenters. The maximum Gasteiger partial charge on any atom is 0.130 e. The first-order valence-electron chi connectivity index (χ1n) is 31.0. The standard InChI is InChI=1S/C82H54N8S6/c1-9-59(79-77(87-95-89-79)49(6)36-52(41-83)42-84)67-32-34-71(91-67)74-40-63-70(94-74)31-29-65-76(63)61(51(8)81(65,55-19-10-45(2)11-20-55)56-21-12-46(3)13-22-56)38-66-50(7)75-62-39-73(72-35-33-68(92-72)60-27-18-54(37-53(43-85)44-86)78-80(60)90-96-88-78)93-69(62)30-28-64(75)82(66,57-23-14-47(4)15-24-57)58-25-16-48(5)17-26-58/h9-40H,6,8H2,1-5,7H3/b59-9-,61-38+. The van der Waals surface area contributed by atoms with Gasteiger partial charge >= 0.3 is 0 Å². The number of nitriles is 4. The van der Waals surface area contributed by atoms with Gasteiger partial charge in [0.2, 0.25) is 0 Å². The Bertz CT molecular complexity index is 5670. The van der Waals surface area contributed by atoms with Crippen molar-refractivity contribution in [2.24, 2.45) is 0 Å². The van der Waals surface area contributed by atoms with E-state index in [4.69, 9.17) is 15.3 Å². The maximum absolute atomic E-state index is 9.58. The van der Waals surface area contributed by atoms with Crippen LogP contribution in [0.25, 0.3) is 89.5 Å². The van der Waals surface area contributed by atoms with Crippen LogP contribution in [-0.4, -0.2) is 17.5 Å². The van der Waals surface area contributed by atoms with Crippen LogP contribution in [0.5, 0.6) is 0 Å². The summed E-state index contributed by atoms with van der Waals surface area (Å²) >= 11 is 9.22. The van der Waals surface area contributed by atoms with Gasteiger partial charge < -0.3 is 0 Å². The van der Waals surface area contributed by atoms with Gasteiger partial charge in [-0.3, -0.25) is 0 Å². The van der Waals surface area contributed by atoms with Crippen LogP contribution >= 0.6 is 68.8 Å². The molecule has 0 aliphatic heterocycles. The third kappa shape index (κ3) is 9.79. The van der Waals surface area contributed by atoms with Crippen LogP contribution in [0.15, 0.2) is 224 Å². The van der Waals surface area contributed by atoms with Gasteiger partial charge in [-0.05, 0) is 181 Å². The van der Waals surface area contributed by atoms with Crippen molar-refractivity contribution < 1.29 is 0 Å². The van der Waals surface area contributed by atoms with E-state index in [9.17, 15) is 21.0 Å². The molecule has 0 saturated heterocycles. The first-order valence-corrected chi connectivity index (χ1v) is 35.7. The van der Waals surface area contributed by atoms with E-state index in [1.54, 1.807) is 51.4 Å². The Kier molecular flexibility index (Phi) is 15.6. The molecule has 0 fully saturated rings. The average molecular weight is 1340 g/mol. The molecule has 0 N–H and O–H groups in total. The Morgan fingerprint density at radius 2 is 0.969 bits per heavy atom. The smallest absolute Gasteiger partial charge is 0.130 e. The van der Waals surface area contributed by atoms with Crippen LogP contribution in [0.3, 0.4) is 0 Å². The number of fused-ring (bicyclic) bond motifs is 7. The fourth-order valence-corrected chi connectivity index (χ4v) is 19.8. The molecule has 14 heteroatoms. The molecule has 6 aromatic heterocycles. The van der Waals surface area contributed by atoms with Gasteiger partial charge in [0.1, 0.15) is 57.8 Å². The number of allylic oxidation sites excluding steroid dienone is 10. The summed E-state index contributed by atoms with van der Waals surface area (Å²) in [6.45, 7) is 22.5. The molecule has 7 aromatic carbocycles. The van der Waals surface area contributed by atoms with Crippen molar-refractivity contribution in [3.05, 3.63) is 312 Å². The first-order chi connectivity index (χ1) is 46.7. The Hall–Kier alpha value is -10.6. The van der Waals surface area contributed by atoms with Gasteiger partial charge in [0.05, 0.1) is 34.3 Å². The van der Waals surface area contributed by atoms with Crippen LogP contribution in [0.2, 0.25) is 0 Å². The van der Waals surface area contributed by atoms with Crippen molar-refractivity contribution in [1.29, 1.82) is 21.0 Å². The molecule has 0 spiro atoms. The molecule has 458 valence electrons. The third-order valence-electron chi connectivity index (χ3n) is 18.8. The highest BCUT2D eigenvalue weighted by Gasteiger charge is 2.51. The summed E-state index contributed by atoms with van der Waals surface area (Å²) in [5.74, 6) is 0. The van der Waals surface area contributed by atoms with Gasteiger partial charge in [-0.15, -0.1) is 45.3 Å². The van der Waals surface area contributed by atoms with E-state index in [1.165, 1.54) is 77.4 Å². The molecule has 0 saturated carbocycles. The predicted octanol–water partition coefficient (Wildman–Crippen LogP) is 22.3. The lowest BCUT2D eigenvalue weighted by Gasteiger charge is -2.36. The molecule has 2 aliphatic rings. The summed E-state index contributed by atoms with van der Waals surface area (Å²) in [5.41, 5.74) is 22.6. The highest BCUT2D eigenvalue weighted by molar-refractivity contribution is 7.27. The van der Waals surface area contributed by atoms with E-state index in [0.29, 0.717) is 28.0 Å². The number of aromatic nitrogens is 4. The molecule has 0 atom stereocenters. The van der Waals surface area contributed by atoms with Crippen molar-refractivity contribution in [3.8, 4) is 54.2 Å². The van der Waals surface area contributed by atoms with Crippen molar-refractivity contribution in [2.75, 3.05) is 0 Å². The largest absolute Gasteiger partial charge is 0.192 e. The monoisotopic (exact) mass is 1340 g/mol. The second-order valence-electron chi connectivity index (χ2n) is 24.3. The van der Waals surface area contributed by atoms with Crippen LogP contribution < -0.4 is 0 Å². The summed E-state index contributed by atoms with van der Waals surface area (Å²) in [7, 11) is 0. The maximum atomic E-state index is 9.58. The number of aryl methyl sites for hydroxylation is 4.